The van der Waals surface area contributed by atoms with Gasteiger partial charge in [-0.25, -0.2) is 8.42 Å². The molecule has 1 aromatic carbocycles. The second-order valence-electron chi connectivity index (χ2n) is 6.61. The third-order valence-corrected chi connectivity index (χ3v) is 6.35. The third-order valence-electron chi connectivity index (χ3n) is 4.30. The van der Waals surface area contributed by atoms with Gasteiger partial charge in [-0.1, -0.05) is 6.92 Å². The van der Waals surface area contributed by atoms with E-state index in [9.17, 15) is 18.0 Å². The van der Waals surface area contributed by atoms with E-state index in [-0.39, 0.29) is 29.4 Å². The Balaban J connectivity index is 1.91. The summed E-state index contributed by atoms with van der Waals surface area (Å²) in [6.07, 6.45) is 0.807. The zero-order chi connectivity index (χ0) is 18.8. The Morgan fingerprint density at radius 1 is 1.28 bits per heavy atom. The number of carbonyl (C=O) groups excluding carboxylic acids is 2. The number of hydrogen-bond donors (Lipinski definition) is 1. The molecule has 0 saturated heterocycles. The highest BCUT2D eigenvalue weighted by Gasteiger charge is 2.40. The second kappa shape index (κ2) is 7.53. The molecule has 0 heterocycles. The highest BCUT2D eigenvalue weighted by molar-refractivity contribution is 7.89. The second-order valence-corrected chi connectivity index (χ2v) is 8.61. The van der Waals surface area contributed by atoms with Crippen molar-refractivity contribution in [3.63, 3.8) is 0 Å². The smallest absolute Gasteiger partial charge is 0.309 e. The Morgan fingerprint density at radius 3 is 2.32 bits per heavy atom. The molecule has 0 radical (unpaired) electrons. The molecule has 1 N–H and O–H groups in total. The molecule has 1 aromatic rings. The Hall–Kier alpha value is -1.93. The van der Waals surface area contributed by atoms with E-state index in [0.29, 0.717) is 11.6 Å². The summed E-state index contributed by atoms with van der Waals surface area (Å²) < 4.78 is 31.0. The maximum Gasteiger partial charge on any atom is 0.309 e. The van der Waals surface area contributed by atoms with Crippen LogP contribution in [0.15, 0.2) is 29.2 Å². The van der Waals surface area contributed by atoms with Crippen LogP contribution in [0, 0.1) is 11.8 Å². The van der Waals surface area contributed by atoms with Crippen molar-refractivity contribution >= 4 is 27.6 Å². The van der Waals surface area contributed by atoms with Gasteiger partial charge in [-0.3, -0.25) is 9.59 Å². The fourth-order valence-corrected chi connectivity index (χ4v) is 3.61. The maximum absolute atomic E-state index is 12.4. The monoisotopic (exact) mass is 368 g/mol. The molecule has 0 bridgehead atoms. The van der Waals surface area contributed by atoms with Crippen LogP contribution in [-0.4, -0.2) is 44.3 Å². The quantitative estimate of drug-likeness (QED) is 0.742. The minimum Gasteiger partial charge on any atom is -0.455 e. The molecule has 0 unspecified atom stereocenters. The van der Waals surface area contributed by atoms with Gasteiger partial charge in [0.05, 0.1) is 10.8 Å². The summed E-state index contributed by atoms with van der Waals surface area (Å²) in [5, 5.41) is 2.57. The van der Waals surface area contributed by atoms with E-state index in [2.05, 4.69) is 5.32 Å². The van der Waals surface area contributed by atoms with E-state index in [1.165, 1.54) is 35.6 Å². The summed E-state index contributed by atoms with van der Waals surface area (Å²) in [4.78, 5) is 23.5. The molecule has 1 aliphatic carbocycles. The van der Waals surface area contributed by atoms with Crippen LogP contribution in [0.25, 0.3) is 0 Å². The summed E-state index contributed by atoms with van der Waals surface area (Å²) >= 11 is 0. The Kier molecular flexibility index (Phi) is 5.84. The minimum absolute atomic E-state index is 0.0877. The summed E-state index contributed by atoms with van der Waals surface area (Å²) in [6, 6.07) is 5.71. The first-order valence-corrected chi connectivity index (χ1v) is 9.61. The van der Waals surface area contributed by atoms with Gasteiger partial charge < -0.3 is 10.1 Å². The number of benzene rings is 1. The molecular formula is C17H24N2O5S. The average Bonchev–Trinajstić information content (AvgIpc) is 3.29. The lowest BCUT2D eigenvalue weighted by atomic mass is 10.3. The number of nitrogens with one attached hydrogen (secondary N) is 1. The molecule has 8 heteroatoms. The molecule has 138 valence electrons. The van der Waals surface area contributed by atoms with E-state index in [1.807, 2.05) is 6.92 Å². The van der Waals surface area contributed by atoms with Gasteiger partial charge in [0.15, 0.2) is 6.61 Å². The largest absolute Gasteiger partial charge is 0.455 e. The molecule has 1 saturated carbocycles. The van der Waals surface area contributed by atoms with Gasteiger partial charge in [0.2, 0.25) is 10.0 Å². The summed E-state index contributed by atoms with van der Waals surface area (Å²) in [7, 11) is -2.04. The zero-order valence-electron chi connectivity index (χ0n) is 14.9. The third kappa shape index (κ3) is 4.79. The molecule has 0 aliphatic heterocycles. The predicted octanol–water partition coefficient (Wildman–Crippen LogP) is 1.85. The van der Waals surface area contributed by atoms with Gasteiger partial charge in [-0.15, -0.1) is 0 Å². The normalized spacial score (nSPS) is 19.8. The number of hydrogen-bond acceptors (Lipinski definition) is 5. The number of nitrogens with zero attached hydrogens (tertiary/aromatic N) is 1. The highest BCUT2D eigenvalue weighted by atomic mass is 32.2. The van der Waals surface area contributed by atoms with E-state index < -0.39 is 15.9 Å². The van der Waals surface area contributed by atoms with Gasteiger partial charge in [-0.2, -0.15) is 4.31 Å². The molecule has 2 atom stereocenters. The van der Waals surface area contributed by atoms with Crippen LogP contribution in [0.2, 0.25) is 0 Å². The number of ether oxygens (including phenoxy) is 1. The standard InChI is InChI=1S/C17H24N2O5S/c1-11(2)19(4)25(22,23)14-7-5-13(6-8-14)18-16(20)10-24-17(21)15-9-12(15)3/h5-8,11-12,15H,9-10H2,1-4H3,(H,18,20)/t12-,15+/m0/s1. The van der Waals surface area contributed by atoms with Crippen molar-refractivity contribution in [3.05, 3.63) is 24.3 Å². The predicted molar refractivity (Wildman–Crippen MR) is 93.4 cm³/mol. The Labute approximate surface area is 148 Å². The van der Waals surface area contributed by atoms with Crippen LogP contribution < -0.4 is 5.32 Å². The Bertz CT molecular complexity index is 743. The van der Waals surface area contributed by atoms with Crippen molar-refractivity contribution in [1.29, 1.82) is 0 Å². The van der Waals surface area contributed by atoms with Crippen LogP contribution in [0.1, 0.15) is 27.2 Å². The summed E-state index contributed by atoms with van der Waals surface area (Å²) in [5.41, 5.74) is 0.437. The number of rotatable bonds is 7. The van der Waals surface area contributed by atoms with Crippen LogP contribution in [0.5, 0.6) is 0 Å². The SMILES string of the molecule is CC(C)N(C)S(=O)(=O)c1ccc(NC(=O)COC(=O)[C@@H]2C[C@@H]2C)cc1. The molecular weight excluding hydrogens is 344 g/mol. The topological polar surface area (TPSA) is 92.8 Å². The molecule has 0 aromatic heterocycles. The zero-order valence-corrected chi connectivity index (χ0v) is 15.7. The van der Waals surface area contributed by atoms with E-state index in [0.717, 1.165) is 6.42 Å². The lowest BCUT2D eigenvalue weighted by Gasteiger charge is -2.21. The fourth-order valence-electron chi connectivity index (χ4n) is 2.25. The van der Waals surface area contributed by atoms with Crippen LogP contribution in [-0.2, 0) is 24.3 Å². The molecule has 25 heavy (non-hydrogen) atoms. The molecule has 2 rings (SSSR count). The van der Waals surface area contributed by atoms with Crippen LogP contribution >= 0.6 is 0 Å². The number of amides is 1. The molecule has 1 aliphatic rings. The summed E-state index contributed by atoms with van der Waals surface area (Å²) in [5.74, 6) is -0.568. The van der Waals surface area contributed by atoms with Crippen molar-refractivity contribution < 1.29 is 22.7 Å². The number of esters is 1. The van der Waals surface area contributed by atoms with E-state index >= 15 is 0 Å². The maximum atomic E-state index is 12.4. The lowest BCUT2D eigenvalue weighted by Crippen LogP contribution is -2.33. The first kappa shape index (κ1) is 19.4. The number of sulfonamides is 1. The van der Waals surface area contributed by atoms with Crippen molar-refractivity contribution in [2.45, 2.75) is 38.1 Å². The molecule has 1 amide bonds. The number of anilines is 1. The highest BCUT2D eigenvalue weighted by Crippen LogP contribution is 2.38. The van der Waals surface area contributed by atoms with Crippen molar-refractivity contribution in [3.8, 4) is 0 Å². The van der Waals surface area contributed by atoms with Crippen LogP contribution in [0.4, 0.5) is 5.69 Å². The Morgan fingerprint density at radius 2 is 1.84 bits per heavy atom. The van der Waals surface area contributed by atoms with Gasteiger partial charge in [0.1, 0.15) is 0 Å². The summed E-state index contributed by atoms with van der Waals surface area (Å²) in [6.45, 7) is 5.18. The van der Waals surface area contributed by atoms with Crippen molar-refractivity contribution in [2.24, 2.45) is 11.8 Å². The molecule has 7 nitrogen and oxygen atoms in total. The van der Waals surface area contributed by atoms with Gasteiger partial charge >= 0.3 is 5.97 Å². The number of carbonyl (C=O) groups is 2. The van der Waals surface area contributed by atoms with Gasteiger partial charge in [-0.05, 0) is 50.5 Å². The van der Waals surface area contributed by atoms with Crippen molar-refractivity contribution in [2.75, 3.05) is 19.0 Å². The van der Waals surface area contributed by atoms with E-state index in [4.69, 9.17) is 4.74 Å². The average molecular weight is 368 g/mol. The molecule has 0 spiro atoms. The fraction of sp³-hybridized carbons (Fsp3) is 0.529. The first-order chi connectivity index (χ1) is 11.6. The van der Waals surface area contributed by atoms with Gasteiger partial charge in [0, 0.05) is 18.8 Å². The molecule has 1 fully saturated rings. The van der Waals surface area contributed by atoms with Gasteiger partial charge in [0.25, 0.3) is 5.91 Å². The van der Waals surface area contributed by atoms with E-state index in [1.54, 1.807) is 13.8 Å². The van der Waals surface area contributed by atoms with Crippen LogP contribution in [0.3, 0.4) is 0 Å². The first-order valence-electron chi connectivity index (χ1n) is 8.17. The minimum atomic E-state index is -3.56. The van der Waals surface area contributed by atoms with Crippen molar-refractivity contribution in [1.82, 2.24) is 4.31 Å². The lowest BCUT2D eigenvalue weighted by molar-refractivity contribution is -0.148.